The van der Waals surface area contributed by atoms with Crippen molar-refractivity contribution in [3.8, 4) is 0 Å². The first-order valence-electron chi connectivity index (χ1n) is 6.33. The lowest BCUT2D eigenvalue weighted by Crippen LogP contribution is -2.34. The third kappa shape index (κ3) is 2.47. The van der Waals surface area contributed by atoms with Crippen LogP contribution in [0.5, 0.6) is 0 Å². The van der Waals surface area contributed by atoms with Crippen LogP contribution >= 0.6 is 0 Å². The monoisotopic (exact) mass is 266 g/mol. The molecule has 1 saturated heterocycles. The normalized spacial score (nSPS) is 23.1. The zero-order chi connectivity index (χ0) is 14.2. The summed E-state index contributed by atoms with van der Waals surface area (Å²) in [7, 11) is 0. The summed E-state index contributed by atoms with van der Waals surface area (Å²) in [6, 6.07) is 1.63. The number of carbonyl (C=O) groups is 2. The van der Waals surface area contributed by atoms with Crippen LogP contribution in [0, 0.1) is 5.41 Å². The molecule has 1 aromatic rings. The molecular formula is C13H18N2O4. The van der Waals surface area contributed by atoms with E-state index in [1.54, 1.807) is 13.0 Å². The molecule has 1 aliphatic heterocycles. The first-order chi connectivity index (χ1) is 8.83. The van der Waals surface area contributed by atoms with Crippen molar-refractivity contribution >= 4 is 11.9 Å². The minimum absolute atomic E-state index is 0.179. The van der Waals surface area contributed by atoms with Crippen LogP contribution in [0.3, 0.4) is 0 Å². The molecule has 0 radical (unpaired) electrons. The molecule has 1 unspecified atom stereocenters. The van der Waals surface area contributed by atoms with Gasteiger partial charge in [-0.05, 0) is 19.3 Å². The molecule has 0 saturated carbocycles. The smallest absolute Gasteiger partial charge is 0.311 e. The molecule has 2 rings (SSSR count). The molecule has 19 heavy (non-hydrogen) atoms. The molecule has 2 heterocycles. The number of hydrogen-bond donors (Lipinski definition) is 1. The summed E-state index contributed by atoms with van der Waals surface area (Å²) in [5, 5.41) is 13.0. The standard InChI is InChI=1S/C13H18N2O4/c1-8(2)9-6-10(19-14-9)11(16)15-5-4-13(3,7-15)12(17)18/h6,8H,4-5,7H2,1-3H3,(H,17,18). The number of nitrogens with zero attached hydrogens (tertiary/aromatic N) is 2. The fraction of sp³-hybridized carbons (Fsp3) is 0.615. The Hall–Kier alpha value is -1.85. The lowest BCUT2D eigenvalue weighted by molar-refractivity contribution is -0.147. The highest BCUT2D eigenvalue weighted by Gasteiger charge is 2.42. The summed E-state index contributed by atoms with van der Waals surface area (Å²) in [5.41, 5.74) is -0.139. The van der Waals surface area contributed by atoms with Gasteiger partial charge in [-0.25, -0.2) is 0 Å². The number of likely N-dealkylation sites (tertiary alicyclic amines) is 1. The van der Waals surface area contributed by atoms with Gasteiger partial charge in [-0.3, -0.25) is 9.59 Å². The van der Waals surface area contributed by atoms with Gasteiger partial charge in [-0.15, -0.1) is 0 Å². The van der Waals surface area contributed by atoms with Crippen LogP contribution in [0.25, 0.3) is 0 Å². The SMILES string of the molecule is CC(C)c1cc(C(=O)N2CCC(C)(C(=O)O)C2)on1. The Morgan fingerprint density at radius 3 is 2.68 bits per heavy atom. The number of aromatic nitrogens is 1. The molecule has 1 N–H and O–H groups in total. The highest BCUT2D eigenvalue weighted by atomic mass is 16.5. The molecule has 1 aliphatic rings. The lowest BCUT2D eigenvalue weighted by Gasteiger charge is -2.19. The van der Waals surface area contributed by atoms with Crippen LogP contribution in [0.1, 0.15) is 49.4 Å². The second kappa shape index (κ2) is 4.68. The van der Waals surface area contributed by atoms with E-state index in [1.165, 1.54) is 4.90 Å². The van der Waals surface area contributed by atoms with Gasteiger partial charge in [-0.2, -0.15) is 0 Å². The Labute approximate surface area is 111 Å². The average Bonchev–Trinajstić information content (AvgIpc) is 2.95. The van der Waals surface area contributed by atoms with Crippen LogP contribution in [0.4, 0.5) is 0 Å². The van der Waals surface area contributed by atoms with Gasteiger partial charge < -0.3 is 14.5 Å². The number of aliphatic carboxylic acids is 1. The second-order valence-electron chi connectivity index (χ2n) is 5.61. The van der Waals surface area contributed by atoms with E-state index in [0.717, 1.165) is 5.69 Å². The van der Waals surface area contributed by atoms with Crippen molar-refractivity contribution < 1.29 is 19.2 Å². The van der Waals surface area contributed by atoms with Crippen molar-refractivity contribution in [2.45, 2.75) is 33.1 Å². The number of carboxylic acid groups (broad SMARTS) is 1. The third-order valence-electron chi connectivity index (χ3n) is 3.61. The Morgan fingerprint density at radius 1 is 1.53 bits per heavy atom. The van der Waals surface area contributed by atoms with Crippen LogP contribution in [0.2, 0.25) is 0 Å². The fourth-order valence-electron chi connectivity index (χ4n) is 2.13. The van der Waals surface area contributed by atoms with E-state index in [0.29, 0.717) is 13.0 Å². The van der Waals surface area contributed by atoms with E-state index < -0.39 is 11.4 Å². The topological polar surface area (TPSA) is 83.6 Å². The van der Waals surface area contributed by atoms with Gasteiger partial charge in [0.1, 0.15) is 0 Å². The first kappa shape index (κ1) is 13.6. The average molecular weight is 266 g/mol. The van der Waals surface area contributed by atoms with E-state index in [1.807, 2.05) is 13.8 Å². The molecule has 1 amide bonds. The Morgan fingerprint density at radius 2 is 2.21 bits per heavy atom. The zero-order valence-corrected chi connectivity index (χ0v) is 11.3. The number of hydrogen-bond acceptors (Lipinski definition) is 4. The quantitative estimate of drug-likeness (QED) is 0.900. The molecule has 0 aromatic carbocycles. The maximum absolute atomic E-state index is 12.2. The maximum Gasteiger partial charge on any atom is 0.311 e. The summed E-state index contributed by atoms with van der Waals surface area (Å²) in [6.07, 6.45) is 0.458. The van der Waals surface area contributed by atoms with Gasteiger partial charge in [0.15, 0.2) is 0 Å². The number of rotatable bonds is 3. The summed E-state index contributed by atoms with van der Waals surface area (Å²) in [5.74, 6) is -0.792. The number of carboxylic acids is 1. The summed E-state index contributed by atoms with van der Waals surface area (Å²) < 4.78 is 5.04. The van der Waals surface area contributed by atoms with Crippen molar-refractivity contribution in [3.05, 3.63) is 17.5 Å². The zero-order valence-electron chi connectivity index (χ0n) is 11.3. The van der Waals surface area contributed by atoms with Gasteiger partial charge >= 0.3 is 5.97 Å². The first-order valence-corrected chi connectivity index (χ1v) is 6.33. The Bertz CT molecular complexity index is 508. The minimum Gasteiger partial charge on any atom is -0.481 e. The number of carbonyl (C=O) groups excluding carboxylic acids is 1. The second-order valence-corrected chi connectivity index (χ2v) is 5.61. The predicted octanol–water partition coefficient (Wildman–Crippen LogP) is 1.73. The molecule has 0 aliphatic carbocycles. The predicted molar refractivity (Wildman–Crippen MR) is 66.9 cm³/mol. The Kier molecular flexibility index (Phi) is 3.34. The molecule has 1 fully saturated rings. The summed E-state index contributed by atoms with van der Waals surface area (Å²) in [4.78, 5) is 24.9. The summed E-state index contributed by atoms with van der Waals surface area (Å²) in [6.45, 7) is 6.22. The van der Waals surface area contributed by atoms with Gasteiger partial charge in [-0.1, -0.05) is 19.0 Å². The van der Waals surface area contributed by atoms with Gasteiger partial charge in [0.2, 0.25) is 5.76 Å². The summed E-state index contributed by atoms with van der Waals surface area (Å²) >= 11 is 0. The van der Waals surface area contributed by atoms with Crippen LogP contribution in [-0.2, 0) is 4.79 Å². The van der Waals surface area contributed by atoms with E-state index in [2.05, 4.69) is 5.16 Å². The molecule has 1 atom stereocenters. The molecular weight excluding hydrogens is 248 g/mol. The van der Waals surface area contributed by atoms with E-state index in [-0.39, 0.29) is 24.1 Å². The molecule has 6 nitrogen and oxygen atoms in total. The minimum atomic E-state index is -0.872. The highest BCUT2D eigenvalue weighted by Crippen LogP contribution is 2.31. The molecule has 0 spiro atoms. The molecule has 104 valence electrons. The molecule has 0 bridgehead atoms. The largest absolute Gasteiger partial charge is 0.481 e. The van der Waals surface area contributed by atoms with Crippen LogP contribution < -0.4 is 0 Å². The highest BCUT2D eigenvalue weighted by molar-refractivity contribution is 5.92. The van der Waals surface area contributed by atoms with Crippen molar-refractivity contribution in [2.75, 3.05) is 13.1 Å². The van der Waals surface area contributed by atoms with Crippen LogP contribution in [0.15, 0.2) is 10.6 Å². The number of amides is 1. The molecule has 6 heteroatoms. The van der Waals surface area contributed by atoms with Crippen molar-refractivity contribution in [1.82, 2.24) is 10.1 Å². The van der Waals surface area contributed by atoms with Crippen LogP contribution in [-0.4, -0.2) is 40.1 Å². The van der Waals surface area contributed by atoms with E-state index >= 15 is 0 Å². The lowest BCUT2D eigenvalue weighted by atomic mass is 9.90. The van der Waals surface area contributed by atoms with Gasteiger partial charge in [0.05, 0.1) is 11.1 Å². The van der Waals surface area contributed by atoms with Crippen molar-refractivity contribution in [1.29, 1.82) is 0 Å². The van der Waals surface area contributed by atoms with Crippen molar-refractivity contribution in [2.24, 2.45) is 5.41 Å². The maximum atomic E-state index is 12.2. The molecule has 1 aromatic heterocycles. The fourth-order valence-corrected chi connectivity index (χ4v) is 2.13. The van der Waals surface area contributed by atoms with Gasteiger partial charge in [0.25, 0.3) is 5.91 Å². The Balaban J connectivity index is 2.11. The van der Waals surface area contributed by atoms with E-state index in [4.69, 9.17) is 9.63 Å². The van der Waals surface area contributed by atoms with Gasteiger partial charge in [0, 0.05) is 19.2 Å². The third-order valence-corrected chi connectivity index (χ3v) is 3.61. The van der Waals surface area contributed by atoms with E-state index in [9.17, 15) is 9.59 Å². The van der Waals surface area contributed by atoms with Crippen molar-refractivity contribution in [3.63, 3.8) is 0 Å².